The van der Waals surface area contributed by atoms with E-state index in [-0.39, 0.29) is 30.4 Å². The van der Waals surface area contributed by atoms with Crippen LogP contribution in [-0.4, -0.2) is 60.6 Å². The van der Waals surface area contributed by atoms with Crippen molar-refractivity contribution >= 4 is 27.5 Å². The predicted octanol–water partition coefficient (Wildman–Crippen LogP) is 0.258. The van der Waals surface area contributed by atoms with Crippen LogP contribution >= 0.6 is 0 Å². The van der Waals surface area contributed by atoms with Crippen molar-refractivity contribution in [3.8, 4) is 0 Å². The van der Waals surface area contributed by atoms with Gasteiger partial charge in [-0.1, -0.05) is 0 Å². The van der Waals surface area contributed by atoms with Gasteiger partial charge in [0, 0.05) is 24.3 Å². The summed E-state index contributed by atoms with van der Waals surface area (Å²) in [6, 6.07) is 6.14. The molecule has 156 valence electrons. The van der Waals surface area contributed by atoms with E-state index in [1.54, 1.807) is 26.0 Å². The van der Waals surface area contributed by atoms with E-state index in [1.165, 1.54) is 21.1 Å². The molecule has 1 fully saturated rings. The van der Waals surface area contributed by atoms with E-state index in [4.69, 9.17) is 10.5 Å². The van der Waals surface area contributed by atoms with Gasteiger partial charge in [-0.25, -0.2) is 8.42 Å². The lowest BCUT2D eigenvalue weighted by atomic mass is 10.2. The fraction of sp³-hybridized carbons (Fsp3) is 0.389. The smallest absolute Gasteiger partial charge is 0.248 e. The number of carbonyl (C=O) groups excluding carboxylic acids is 2. The SMILES string of the molecule is Cc1nn(CC(=O)Nc2ccc(C(N)=O)cc2)c(C)c1S(=O)(=O)N1CCOCC1. The number of amides is 2. The minimum absolute atomic E-state index is 0.123. The van der Waals surface area contributed by atoms with Crippen molar-refractivity contribution in [2.45, 2.75) is 25.3 Å². The van der Waals surface area contributed by atoms with E-state index < -0.39 is 15.9 Å². The molecular weight excluding hydrogens is 398 g/mol. The largest absolute Gasteiger partial charge is 0.379 e. The summed E-state index contributed by atoms with van der Waals surface area (Å²) < 4.78 is 33.9. The summed E-state index contributed by atoms with van der Waals surface area (Å²) in [5.74, 6) is -0.933. The second-order valence-corrected chi connectivity index (χ2v) is 8.54. The Balaban J connectivity index is 1.75. The lowest BCUT2D eigenvalue weighted by molar-refractivity contribution is -0.116. The number of sulfonamides is 1. The van der Waals surface area contributed by atoms with Gasteiger partial charge in [-0.15, -0.1) is 0 Å². The Hall–Kier alpha value is -2.76. The zero-order valence-corrected chi connectivity index (χ0v) is 17.0. The minimum atomic E-state index is -3.72. The minimum Gasteiger partial charge on any atom is -0.379 e. The number of aryl methyl sites for hydroxylation is 1. The average molecular weight is 421 g/mol. The first-order valence-corrected chi connectivity index (χ1v) is 10.5. The summed E-state index contributed by atoms with van der Waals surface area (Å²) in [4.78, 5) is 23.6. The number of morpholine rings is 1. The maximum atomic E-state index is 13.0. The molecule has 29 heavy (non-hydrogen) atoms. The van der Waals surface area contributed by atoms with Crippen LogP contribution in [0.25, 0.3) is 0 Å². The van der Waals surface area contributed by atoms with E-state index in [2.05, 4.69) is 10.4 Å². The number of hydrogen-bond donors (Lipinski definition) is 2. The Kier molecular flexibility index (Phi) is 6.01. The van der Waals surface area contributed by atoms with Crippen molar-refractivity contribution in [1.82, 2.24) is 14.1 Å². The first-order chi connectivity index (χ1) is 13.7. The van der Waals surface area contributed by atoms with Crippen LogP contribution in [0.4, 0.5) is 5.69 Å². The quantitative estimate of drug-likeness (QED) is 0.686. The Bertz CT molecular complexity index is 1020. The van der Waals surface area contributed by atoms with Crippen LogP contribution in [0.5, 0.6) is 0 Å². The van der Waals surface area contributed by atoms with Gasteiger partial charge in [0.25, 0.3) is 0 Å². The highest BCUT2D eigenvalue weighted by Gasteiger charge is 2.32. The highest BCUT2D eigenvalue weighted by molar-refractivity contribution is 7.89. The van der Waals surface area contributed by atoms with E-state index >= 15 is 0 Å². The molecule has 2 aromatic rings. The number of benzene rings is 1. The molecule has 1 aromatic carbocycles. The van der Waals surface area contributed by atoms with Gasteiger partial charge in [-0.05, 0) is 38.1 Å². The van der Waals surface area contributed by atoms with E-state index in [9.17, 15) is 18.0 Å². The molecule has 1 saturated heterocycles. The molecule has 1 aromatic heterocycles. The van der Waals surface area contributed by atoms with Gasteiger partial charge in [0.05, 0.1) is 24.6 Å². The van der Waals surface area contributed by atoms with Crippen molar-refractivity contribution < 1.29 is 22.7 Å². The number of primary amides is 1. The summed E-state index contributed by atoms with van der Waals surface area (Å²) in [6.07, 6.45) is 0. The van der Waals surface area contributed by atoms with Crippen LogP contribution in [0, 0.1) is 13.8 Å². The fourth-order valence-electron chi connectivity index (χ4n) is 3.18. The first kappa shape index (κ1) is 21.0. The number of hydrogen-bond acceptors (Lipinski definition) is 6. The molecule has 1 aliphatic heterocycles. The van der Waals surface area contributed by atoms with E-state index in [0.29, 0.717) is 35.9 Å². The molecule has 11 heteroatoms. The molecule has 3 N–H and O–H groups in total. The summed E-state index contributed by atoms with van der Waals surface area (Å²) >= 11 is 0. The van der Waals surface area contributed by atoms with Crippen molar-refractivity contribution in [2.24, 2.45) is 5.73 Å². The molecular formula is C18H23N5O5S. The molecule has 10 nitrogen and oxygen atoms in total. The zero-order valence-electron chi connectivity index (χ0n) is 16.2. The maximum Gasteiger partial charge on any atom is 0.248 e. The number of nitrogens with two attached hydrogens (primary N) is 1. The van der Waals surface area contributed by atoms with Crippen molar-refractivity contribution in [3.05, 3.63) is 41.2 Å². The summed E-state index contributed by atoms with van der Waals surface area (Å²) in [6.45, 7) is 4.36. The van der Waals surface area contributed by atoms with Gasteiger partial charge in [0.2, 0.25) is 21.8 Å². The topological polar surface area (TPSA) is 137 Å². The summed E-state index contributed by atoms with van der Waals surface area (Å²) in [7, 11) is -3.72. The maximum absolute atomic E-state index is 13.0. The van der Waals surface area contributed by atoms with Crippen molar-refractivity contribution in [2.75, 3.05) is 31.6 Å². The van der Waals surface area contributed by atoms with Gasteiger partial charge in [-0.2, -0.15) is 9.40 Å². The molecule has 0 radical (unpaired) electrons. The molecule has 0 spiro atoms. The van der Waals surface area contributed by atoms with Gasteiger partial charge >= 0.3 is 0 Å². The molecule has 1 aliphatic rings. The molecule has 0 bridgehead atoms. The van der Waals surface area contributed by atoms with Crippen LogP contribution in [0.1, 0.15) is 21.7 Å². The second kappa shape index (κ2) is 8.31. The van der Waals surface area contributed by atoms with Crippen LogP contribution in [0.15, 0.2) is 29.2 Å². The molecule has 0 unspecified atom stereocenters. The monoisotopic (exact) mass is 421 g/mol. The zero-order chi connectivity index (χ0) is 21.2. The normalized spacial score (nSPS) is 15.2. The highest BCUT2D eigenvalue weighted by Crippen LogP contribution is 2.24. The third kappa shape index (κ3) is 4.47. The Morgan fingerprint density at radius 3 is 2.38 bits per heavy atom. The van der Waals surface area contributed by atoms with E-state index in [0.717, 1.165) is 0 Å². The molecule has 0 saturated carbocycles. The van der Waals surface area contributed by atoms with Crippen molar-refractivity contribution in [1.29, 1.82) is 0 Å². The lowest BCUT2D eigenvalue weighted by Gasteiger charge is -2.26. The molecule has 0 aliphatic carbocycles. The van der Waals surface area contributed by atoms with E-state index in [1.807, 2.05) is 0 Å². The Labute approximate surface area is 168 Å². The Morgan fingerprint density at radius 1 is 1.17 bits per heavy atom. The molecule has 2 amide bonds. The third-order valence-electron chi connectivity index (χ3n) is 4.63. The number of nitrogens with one attached hydrogen (secondary N) is 1. The van der Waals surface area contributed by atoms with Crippen LogP contribution < -0.4 is 11.1 Å². The third-order valence-corrected chi connectivity index (χ3v) is 6.78. The lowest BCUT2D eigenvalue weighted by Crippen LogP contribution is -2.41. The second-order valence-electron chi connectivity index (χ2n) is 6.66. The van der Waals surface area contributed by atoms with Gasteiger partial charge in [0.1, 0.15) is 11.4 Å². The Morgan fingerprint density at radius 2 is 1.79 bits per heavy atom. The number of rotatable bonds is 6. The number of carbonyl (C=O) groups is 2. The molecule has 2 heterocycles. The van der Waals surface area contributed by atoms with Crippen molar-refractivity contribution in [3.63, 3.8) is 0 Å². The molecule has 3 rings (SSSR count). The average Bonchev–Trinajstić information content (AvgIpc) is 2.96. The standard InChI is InChI=1S/C18H23N5O5S/c1-12-17(29(26,27)22-7-9-28-10-8-22)13(2)23(21-12)11-16(24)20-15-5-3-14(4-6-15)18(19)25/h3-6H,7-11H2,1-2H3,(H2,19,25)(H,20,24). The van der Waals surface area contributed by atoms with Crippen LogP contribution in [-0.2, 0) is 26.1 Å². The number of anilines is 1. The van der Waals surface area contributed by atoms with Crippen LogP contribution in [0.2, 0.25) is 0 Å². The fourth-order valence-corrected chi connectivity index (χ4v) is 4.96. The van der Waals surface area contributed by atoms with Gasteiger partial charge < -0.3 is 15.8 Å². The number of aromatic nitrogens is 2. The summed E-state index contributed by atoms with van der Waals surface area (Å²) in [5.41, 5.74) is 6.75. The van der Waals surface area contributed by atoms with Gasteiger partial charge in [-0.3, -0.25) is 14.3 Å². The predicted molar refractivity (Wildman–Crippen MR) is 105 cm³/mol. The van der Waals surface area contributed by atoms with Crippen LogP contribution in [0.3, 0.4) is 0 Å². The first-order valence-electron chi connectivity index (χ1n) is 9.02. The summed E-state index contributed by atoms with van der Waals surface area (Å²) in [5, 5.41) is 6.93. The van der Waals surface area contributed by atoms with Gasteiger partial charge in [0.15, 0.2) is 0 Å². The highest BCUT2D eigenvalue weighted by atomic mass is 32.2. The molecule has 0 atom stereocenters. The number of nitrogens with zero attached hydrogens (tertiary/aromatic N) is 3. The number of ether oxygens (including phenoxy) is 1.